The summed E-state index contributed by atoms with van der Waals surface area (Å²) in [7, 11) is 3.27. The number of nitrogens with two attached hydrogens (primary N) is 1. The lowest BCUT2D eigenvalue weighted by Crippen LogP contribution is -2.53. The number of amides is 1. The number of hydrogen-bond donors (Lipinski definition) is 4. The van der Waals surface area contributed by atoms with Gasteiger partial charge in [-0.1, -0.05) is 23.7 Å². The summed E-state index contributed by atoms with van der Waals surface area (Å²) in [6.07, 6.45) is 0.518. The Hall–Kier alpha value is -1.67. The molecule has 0 aliphatic heterocycles. The maximum absolute atomic E-state index is 12.1. The van der Waals surface area contributed by atoms with E-state index >= 15 is 0 Å². The first-order valence-corrected chi connectivity index (χ1v) is 8.89. The van der Waals surface area contributed by atoms with Gasteiger partial charge in [0, 0.05) is 18.6 Å². The molecule has 1 amide bonds. The van der Waals surface area contributed by atoms with Crippen molar-refractivity contribution < 1.29 is 19.4 Å². The van der Waals surface area contributed by atoms with E-state index in [2.05, 4.69) is 10.6 Å². The molecule has 0 aliphatic rings. The van der Waals surface area contributed by atoms with Crippen molar-refractivity contribution in [1.82, 2.24) is 10.6 Å². The lowest BCUT2D eigenvalue weighted by atomic mass is 9.87. The van der Waals surface area contributed by atoms with Crippen LogP contribution in [0.4, 0.5) is 0 Å². The smallest absolute Gasteiger partial charge is 0.303 e. The third-order valence-electron chi connectivity index (χ3n) is 4.23. The van der Waals surface area contributed by atoms with Crippen LogP contribution in [0.5, 0.6) is 0 Å². The highest BCUT2D eigenvalue weighted by atomic mass is 35.5. The first-order valence-electron chi connectivity index (χ1n) is 8.51. The summed E-state index contributed by atoms with van der Waals surface area (Å²) in [5, 5.41) is 15.6. The molecule has 2 unspecified atom stereocenters. The van der Waals surface area contributed by atoms with E-state index in [0.29, 0.717) is 17.9 Å². The molecule has 1 aromatic rings. The zero-order chi connectivity index (χ0) is 19.7. The molecule has 8 heteroatoms. The van der Waals surface area contributed by atoms with Crippen LogP contribution in [0.25, 0.3) is 0 Å². The number of carboxylic acid groups (broad SMARTS) is 1. The highest BCUT2D eigenvalue weighted by molar-refractivity contribution is 6.30. The first-order chi connectivity index (χ1) is 12.3. The van der Waals surface area contributed by atoms with E-state index in [-0.39, 0.29) is 24.3 Å². The van der Waals surface area contributed by atoms with E-state index in [4.69, 9.17) is 27.2 Å². The van der Waals surface area contributed by atoms with Gasteiger partial charge in [-0.05, 0) is 50.4 Å². The molecule has 0 saturated heterocycles. The third-order valence-corrected chi connectivity index (χ3v) is 4.48. The van der Waals surface area contributed by atoms with Crippen LogP contribution in [-0.4, -0.2) is 49.5 Å². The van der Waals surface area contributed by atoms with Gasteiger partial charge in [-0.15, -0.1) is 0 Å². The number of carbonyl (C=O) groups is 2. The zero-order valence-corrected chi connectivity index (χ0v) is 16.1. The van der Waals surface area contributed by atoms with Gasteiger partial charge in [0.15, 0.2) is 0 Å². The second-order valence-electron chi connectivity index (χ2n) is 6.27. The van der Waals surface area contributed by atoms with Crippen molar-refractivity contribution in [2.45, 2.75) is 50.4 Å². The van der Waals surface area contributed by atoms with Gasteiger partial charge in [-0.25, -0.2) is 0 Å². The van der Waals surface area contributed by atoms with Gasteiger partial charge >= 0.3 is 5.97 Å². The van der Waals surface area contributed by atoms with Crippen molar-refractivity contribution in [3.63, 3.8) is 0 Å². The van der Waals surface area contributed by atoms with Crippen molar-refractivity contribution >= 4 is 23.5 Å². The molecule has 0 bridgehead atoms. The highest BCUT2D eigenvalue weighted by Gasteiger charge is 2.27. The van der Waals surface area contributed by atoms with Gasteiger partial charge in [-0.3, -0.25) is 14.9 Å². The number of nitrogens with one attached hydrogen (secondary N) is 2. The normalized spacial score (nSPS) is 15.7. The van der Waals surface area contributed by atoms with Gasteiger partial charge in [0.25, 0.3) is 0 Å². The number of aliphatic carboxylic acids is 1. The molecule has 0 heterocycles. The molecule has 26 heavy (non-hydrogen) atoms. The van der Waals surface area contributed by atoms with Crippen LogP contribution in [-0.2, 0) is 14.3 Å². The van der Waals surface area contributed by atoms with E-state index < -0.39 is 18.2 Å². The van der Waals surface area contributed by atoms with E-state index in [1.807, 2.05) is 12.1 Å². The van der Waals surface area contributed by atoms with Crippen LogP contribution in [0.15, 0.2) is 24.3 Å². The minimum Gasteiger partial charge on any atom is -0.481 e. The number of rotatable bonds is 11. The molecule has 7 nitrogen and oxygen atoms in total. The molecule has 0 spiro atoms. The number of halogens is 1. The van der Waals surface area contributed by atoms with E-state index in [9.17, 15) is 9.59 Å². The SMILES string of the molecule is CNC(OC)C(C[C@H](CCC(=O)O)c1ccc(Cl)cc1)NC(=O)[C@H](C)N. The van der Waals surface area contributed by atoms with Gasteiger partial charge < -0.3 is 20.9 Å². The lowest BCUT2D eigenvalue weighted by Gasteiger charge is -2.30. The summed E-state index contributed by atoms with van der Waals surface area (Å²) < 4.78 is 5.42. The Morgan fingerprint density at radius 3 is 2.38 bits per heavy atom. The Labute approximate surface area is 159 Å². The Kier molecular flexibility index (Phi) is 9.58. The van der Waals surface area contributed by atoms with Crippen molar-refractivity contribution in [2.24, 2.45) is 5.73 Å². The quantitative estimate of drug-likeness (QED) is 0.431. The van der Waals surface area contributed by atoms with Gasteiger partial charge in [-0.2, -0.15) is 0 Å². The average molecular weight is 386 g/mol. The molecule has 4 atom stereocenters. The summed E-state index contributed by atoms with van der Waals surface area (Å²) in [5.74, 6) is -1.25. The Bertz CT molecular complexity index is 576. The Morgan fingerprint density at radius 1 is 1.31 bits per heavy atom. The predicted molar refractivity (Wildman–Crippen MR) is 101 cm³/mol. The summed E-state index contributed by atoms with van der Waals surface area (Å²) >= 11 is 5.95. The molecule has 0 aliphatic carbocycles. The summed E-state index contributed by atoms with van der Waals surface area (Å²) in [6, 6.07) is 6.26. The lowest BCUT2D eigenvalue weighted by molar-refractivity contribution is -0.137. The van der Waals surface area contributed by atoms with Crippen LogP contribution in [0.1, 0.15) is 37.7 Å². The molecular weight excluding hydrogens is 358 g/mol. The number of ether oxygens (including phenoxy) is 1. The number of hydrogen-bond acceptors (Lipinski definition) is 5. The van der Waals surface area contributed by atoms with Gasteiger partial charge in [0.1, 0.15) is 6.23 Å². The van der Waals surface area contributed by atoms with E-state index in [1.54, 1.807) is 33.2 Å². The molecular formula is C18H28ClN3O4. The minimum atomic E-state index is -0.864. The first kappa shape index (κ1) is 22.4. The summed E-state index contributed by atoms with van der Waals surface area (Å²) in [4.78, 5) is 23.1. The van der Waals surface area contributed by atoms with Gasteiger partial charge in [0.05, 0.1) is 12.1 Å². The number of carbonyl (C=O) groups excluding carboxylic acids is 1. The van der Waals surface area contributed by atoms with Gasteiger partial charge in [0.2, 0.25) is 5.91 Å². The largest absolute Gasteiger partial charge is 0.481 e. The molecule has 0 saturated carbocycles. The molecule has 0 radical (unpaired) electrons. The predicted octanol–water partition coefficient (Wildman–Crippen LogP) is 1.70. The number of benzene rings is 1. The number of methoxy groups -OCH3 is 1. The fourth-order valence-corrected chi connectivity index (χ4v) is 2.94. The molecule has 0 fully saturated rings. The topological polar surface area (TPSA) is 114 Å². The van der Waals surface area contributed by atoms with Crippen molar-refractivity contribution in [1.29, 1.82) is 0 Å². The Morgan fingerprint density at radius 2 is 1.92 bits per heavy atom. The Balaban J connectivity index is 3.04. The standard InChI is InChI=1S/C18H28ClN3O4/c1-11(20)17(25)22-15(18(21-2)26-3)10-13(6-9-16(23)24)12-4-7-14(19)8-5-12/h4-5,7-8,11,13,15,18,21H,6,9-10,20H2,1-3H3,(H,22,25)(H,23,24)/t11-,13-,15?,18?/m0/s1. The zero-order valence-electron chi connectivity index (χ0n) is 15.4. The van der Waals surface area contributed by atoms with Crippen LogP contribution < -0.4 is 16.4 Å². The monoisotopic (exact) mass is 385 g/mol. The second kappa shape index (κ2) is 11.1. The average Bonchev–Trinajstić information content (AvgIpc) is 2.59. The van der Waals surface area contributed by atoms with E-state index in [0.717, 1.165) is 5.56 Å². The van der Waals surface area contributed by atoms with E-state index in [1.165, 1.54) is 0 Å². The fraction of sp³-hybridized carbons (Fsp3) is 0.556. The van der Waals surface area contributed by atoms with Crippen LogP contribution >= 0.6 is 11.6 Å². The number of likely N-dealkylation sites (N-methyl/N-ethyl adjacent to an activating group) is 1. The van der Waals surface area contributed by atoms with Crippen molar-refractivity contribution in [3.05, 3.63) is 34.9 Å². The molecule has 1 aromatic carbocycles. The third kappa shape index (κ3) is 7.29. The van der Waals surface area contributed by atoms with Crippen molar-refractivity contribution in [2.75, 3.05) is 14.2 Å². The minimum absolute atomic E-state index is 0.0262. The summed E-state index contributed by atoms with van der Waals surface area (Å²) in [5.41, 5.74) is 6.62. The van der Waals surface area contributed by atoms with Crippen LogP contribution in [0.3, 0.4) is 0 Å². The highest BCUT2D eigenvalue weighted by Crippen LogP contribution is 2.28. The molecule has 146 valence electrons. The van der Waals surface area contributed by atoms with Crippen LogP contribution in [0.2, 0.25) is 5.02 Å². The second-order valence-corrected chi connectivity index (χ2v) is 6.70. The molecule has 5 N–H and O–H groups in total. The summed E-state index contributed by atoms with van der Waals surface area (Å²) in [6.45, 7) is 1.61. The maximum Gasteiger partial charge on any atom is 0.303 e. The molecule has 1 rings (SSSR count). The fourth-order valence-electron chi connectivity index (χ4n) is 2.82. The number of carboxylic acids is 1. The van der Waals surface area contributed by atoms with Crippen LogP contribution in [0, 0.1) is 0 Å². The van der Waals surface area contributed by atoms with Crippen molar-refractivity contribution in [3.8, 4) is 0 Å². The molecule has 0 aromatic heterocycles. The maximum atomic E-state index is 12.1.